The Hall–Kier alpha value is -4.52. The molecule has 61 heavy (non-hydrogen) atoms. The fourth-order valence-electron chi connectivity index (χ4n) is 9.96. The van der Waals surface area contributed by atoms with Crippen molar-refractivity contribution >= 4 is 44.5 Å². The molecule has 3 aromatic rings. The van der Waals surface area contributed by atoms with E-state index in [1.165, 1.54) is 0 Å². The lowest BCUT2D eigenvalue weighted by Crippen LogP contribution is -2.46. The van der Waals surface area contributed by atoms with Gasteiger partial charge in [0.05, 0.1) is 54.6 Å². The first-order valence-corrected chi connectivity index (χ1v) is 24.1. The summed E-state index contributed by atoms with van der Waals surface area (Å²) >= 11 is 0. The van der Waals surface area contributed by atoms with Gasteiger partial charge in [-0.25, -0.2) is 13.4 Å². The Morgan fingerprint density at radius 2 is 1.69 bits per heavy atom. The van der Waals surface area contributed by atoms with Gasteiger partial charge in [-0.2, -0.15) is 0 Å². The summed E-state index contributed by atoms with van der Waals surface area (Å²) in [5.74, 6) is -1.16. The van der Waals surface area contributed by atoms with Gasteiger partial charge in [-0.15, -0.1) is 0 Å². The molecule has 0 unspecified atom stereocenters. The predicted octanol–water partition coefficient (Wildman–Crippen LogP) is 7.88. The number of aromatic nitrogens is 1. The van der Waals surface area contributed by atoms with E-state index < -0.39 is 50.6 Å². The second kappa shape index (κ2) is 17.7. The maximum absolute atomic E-state index is 14.9. The van der Waals surface area contributed by atoms with Crippen LogP contribution < -0.4 is 14.2 Å². The van der Waals surface area contributed by atoms with E-state index in [-0.39, 0.29) is 55.4 Å². The Kier molecular flexibility index (Phi) is 12.5. The molecule has 1 N–H and O–H groups in total. The highest BCUT2D eigenvalue weighted by Crippen LogP contribution is 2.59. The van der Waals surface area contributed by atoms with Crippen LogP contribution in [0.15, 0.2) is 48.5 Å². The number of sulfonamides is 1. The van der Waals surface area contributed by atoms with E-state index in [0.29, 0.717) is 42.6 Å². The number of esters is 1. The largest absolute Gasteiger partial charge is 0.496 e. The molecule has 2 saturated heterocycles. The number of fused-ring (bicyclic) bond motifs is 4. The van der Waals surface area contributed by atoms with Crippen molar-refractivity contribution in [2.75, 3.05) is 20.3 Å². The fourth-order valence-corrected chi connectivity index (χ4v) is 11.3. The molecule has 5 atom stereocenters. The highest BCUT2D eigenvalue weighted by atomic mass is 32.2. The maximum atomic E-state index is 14.9. The van der Waals surface area contributed by atoms with E-state index >= 15 is 0 Å². The van der Waals surface area contributed by atoms with Gasteiger partial charge < -0.3 is 19.1 Å². The zero-order valence-corrected chi connectivity index (χ0v) is 36.7. The molecule has 12 nitrogen and oxygen atoms in total. The van der Waals surface area contributed by atoms with E-state index in [9.17, 15) is 27.6 Å². The van der Waals surface area contributed by atoms with Crippen LogP contribution in [-0.2, 0) is 40.4 Å². The summed E-state index contributed by atoms with van der Waals surface area (Å²) in [4.78, 5) is 64.0. The average molecular weight is 856 g/mol. The monoisotopic (exact) mass is 855 g/mol. The minimum Gasteiger partial charge on any atom is -0.496 e. The average Bonchev–Trinajstić information content (AvgIpc) is 4.17. The quantitative estimate of drug-likeness (QED) is 0.250. The van der Waals surface area contributed by atoms with Crippen LogP contribution in [0.5, 0.6) is 11.5 Å². The minimum absolute atomic E-state index is 0.0949. The number of methoxy groups -OCH3 is 1. The number of ketones is 1. The van der Waals surface area contributed by atoms with E-state index in [2.05, 4.69) is 24.6 Å². The number of pyridine rings is 1. The summed E-state index contributed by atoms with van der Waals surface area (Å²) in [6.45, 7) is 4.51. The van der Waals surface area contributed by atoms with Crippen molar-refractivity contribution in [2.24, 2.45) is 22.7 Å². The van der Waals surface area contributed by atoms with E-state index in [4.69, 9.17) is 19.2 Å². The second-order valence-electron chi connectivity index (χ2n) is 19.2. The normalized spacial score (nSPS) is 28.0. The van der Waals surface area contributed by atoms with E-state index in [1.54, 1.807) is 12.0 Å². The molecule has 3 aliphatic heterocycles. The lowest BCUT2D eigenvalue weighted by molar-refractivity contribution is -0.152. The zero-order valence-electron chi connectivity index (χ0n) is 35.9. The van der Waals surface area contributed by atoms with Crippen LogP contribution >= 0.6 is 0 Å². The van der Waals surface area contributed by atoms with Gasteiger partial charge in [0.1, 0.15) is 17.6 Å². The summed E-state index contributed by atoms with van der Waals surface area (Å²) < 4.78 is 47.2. The number of hydrogen-bond donors (Lipinski definition) is 1. The molecule has 8 rings (SSSR count). The maximum Gasteiger partial charge on any atom is 0.306 e. The molecule has 5 bridgehead atoms. The number of hydrogen-bond acceptors (Lipinski definition) is 10. The lowest BCUT2D eigenvalue weighted by Gasteiger charge is -2.29. The van der Waals surface area contributed by atoms with Crippen LogP contribution in [0.1, 0.15) is 122 Å². The molecule has 4 heterocycles. The second-order valence-corrected chi connectivity index (χ2v) is 21.1. The first-order chi connectivity index (χ1) is 29.2. The van der Waals surface area contributed by atoms with Gasteiger partial charge >= 0.3 is 5.97 Å². The number of aryl methyl sites for hydroxylation is 1. The van der Waals surface area contributed by atoms with Crippen LogP contribution in [0.3, 0.4) is 0 Å². The molecule has 0 radical (unpaired) electrons. The highest BCUT2D eigenvalue weighted by Gasteiger charge is 2.62. The van der Waals surface area contributed by atoms with Gasteiger partial charge in [-0.05, 0) is 74.3 Å². The molecule has 1 aromatic heterocycles. The van der Waals surface area contributed by atoms with E-state index in [0.717, 1.165) is 86.5 Å². The van der Waals surface area contributed by atoms with Gasteiger partial charge in [0.15, 0.2) is 5.78 Å². The number of carbonyl (C=O) groups excluding carboxylic acids is 4. The van der Waals surface area contributed by atoms with Crippen molar-refractivity contribution < 1.29 is 41.8 Å². The third-order valence-corrected chi connectivity index (χ3v) is 15.7. The lowest BCUT2D eigenvalue weighted by atomic mass is 9.87. The smallest absolute Gasteiger partial charge is 0.306 e. The van der Waals surface area contributed by atoms with Crippen molar-refractivity contribution in [1.82, 2.24) is 14.6 Å². The first kappa shape index (κ1) is 43.1. The van der Waals surface area contributed by atoms with Crippen molar-refractivity contribution in [2.45, 2.75) is 140 Å². The van der Waals surface area contributed by atoms with Gasteiger partial charge in [0.2, 0.25) is 21.8 Å². The number of cyclic esters (lactones) is 1. The fraction of sp³-hybridized carbons (Fsp3) is 0.604. The van der Waals surface area contributed by atoms with Gasteiger partial charge in [-0.3, -0.25) is 23.9 Å². The molecule has 4 fully saturated rings. The molecule has 13 heteroatoms. The zero-order chi connectivity index (χ0) is 42.9. The molecule has 2 aromatic carbocycles. The first-order valence-electron chi connectivity index (χ1n) is 22.5. The van der Waals surface area contributed by atoms with Crippen molar-refractivity contribution in [3.63, 3.8) is 0 Å². The van der Waals surface area contributed by atoms with Crippen molar-refractivity contribution in [1.29, 1.82) is 0 Å². The van der Waals surface area contributed by atoms with Gasteiger partial charge in [0.25, 0.3) is 0 Å². The van der Waals surface area contributed by atoms with Gasteiger partial charge in [0, 0.05) is 41.8 Å². The molecule has 328 valence electrons. The molecular formula is C48H61N3O9S. The van der Waals surface area contributed by atoms with E-state index in [1.807, 2.05) is 42.5 Å². The topological polar surface area (TPSA) is 158 Å². The summed E-state index contributed by atoms with van der Waals surface area (Å²) in [5.41, 5.74) is 1.86. The Morgan fingerprint density at radius 3 is 2.44 bits per heavy atom. The Balaban J connectivity index is 1.18. The number of nitrogens with zero attached hydrogens (tertiary/aromatic N) is 2. The number of nitrogens with one attached hydrogen (secondary N) is 1. The minimum atomic E-state index is -3.83. The standard InChI is InChI=1S/C48H61N3O9S/c1-47(2)21-13-12-16-32-22-37-39(26-42(32)58-3)49-38(31-14-9-7-10-15-31)25-43(37)60-35-24-40-41(52)28-48(46(55)50-61(56,57)36-19-20-36)27-34(48)18-11-6-4-5-8-17-33(23-44(53)59-30-47)45(54)51(40)29-35/h7,9-10,14-15,22,25-26,33-36,40H,4-6,8,11-13,16-21,23-24,27-30H2,1-3H3,(H,50,55)/t33-,34-,35-,40+,48-/m1/s1. The van der Waals surface area contributed by atoms with Gasteiger partial charge in [-0.1, -0.05) is 82.7 Å². The summed E-state index contributed by atoms with van der Waals surface area (Å²) in [6, 6.07) is 14.8. The number of carbonyl (C=O) groups is 4. The van der Waals surface area contributed by atoms with Crippen LogP contribution in [0, 0.1) is 22.7 Å². The molecule has 0 spiro atoms. The summed E-state index contributed by atoms with van der Waals surface area (Å²) in [6.07, 6.45) is 9.66. The molecule has 2 saturated carbocycles. The van der Waals surface area contributed by atoms with Crippen LogP contribution in [0.25, 0.3) is 22.2 Å². The summed E-state index contributed by atoms with van der Waals surface area (Å²) in [5, 5.41) is 0.214. The Morgan fingerprint density at radius 1 is 0.934 bits per heavy atom. The SMILES string of the molecule is COc1cc2nc(-c3ccccc3)cc3c2cc1CCCCC(C)(C)COC(=O)C[C@H]1CCCCCCC[C@@H]2C[C@@]2(C(=O)NS(=O)(=O)C2CC2)CC(=O)[C@@H]2C[C@H](CN2C1=O)O3. The number of ether oxygens (including phenoxy) is 3. The summed E-state index contributed by atoms with van der Waals surface area (Å²) in [7, 11) is -2.18. The molecular weight excluding hydrogens is 795 g/mol. The number of benzene rings is 2. The molecule has 5 aliphatic rings. The number of rotatable bonds is 5. The Bertz CT molecular complexity index is 2260. The molecule has 2 amide bonds. The number of Topliss-reactive ketones (excluding diaryl/α,β-unsaturated/α-hetero) is 1. The highest BCUT2D eigenvalue weighted by molar-refractivity contribution is 7.90. The van der Waals surface area contributed by atoms with Crippen molar-refractivity contribution in [3.8, 4) is 22.8 Å². The Labute approximate surface area is 359 Å². The van der Waals surface area contributed by atoms with Crippen LogP contribution in [-0.4, -0.2) is 79.5 Å². The number of amides is 2. The van der Waals surface area contributed by atoms with Crippen molar-refractivity contribution in [3.05, 3.63) is 54.1 Å². The van der Waals surface area contributed by atoms with Crippen LogP contribution in [0.2, 0.25) is 0 Å². The van der Waals surface area contributed by atoms with Crippen LogP contribution in [0.4, 0.5) is 0 Å². The third kappa shape index (κ3) is 9.76. The predicted molar refractivity (Wildman–Crippen MR) is 231 cm³/mol. The molecule has 2 aliphatic carbocycles. The third-order valence-electron chi connectivity index (χ3n) is 13.9.